The highest BCUT2D eigenvalue weighted by Crippen LogP contribution is 2.23. The molecule has 1 aromatic carbocycles. The SMILES string of the molecule is CNCC(=O)N(CCN1CCCC1)Cc1ccc(Cl)c(Cl)c1.Cl. The van der Waals surface area contributed by atoms with E-state index in [2.05, 4.69) is 10.2 Å². The first-order valence-electron chi connectivity index (χ1n) is 7.69. The molecule has 0 aliphatic carbocycles. The standard InChI is InChI=1S/C16H23Cl2N3O.ClH/c1-19-11-16(22)21(9-8-20-6-2-3-7-20)12-13-4-5-14(17)15(18)10-13;/h4-5,10,19H,2-3,6-9,11-12H2,1H3;1H. The number of halogens is 3. The molecule has 23 heavy (non-hydrogen) atoms. The number of rotatable bonds is 7. The van der Waals surface area contributed by atoms with E-state index in [-0.39, 0.29) is 18.3 Å². The lowest BCUT2D eigenvalue weighted by atomic mass is 10.2. The van der Waals surface area contributed by atoms with Crippen LogP contribution in [0, 0.1) is 0 Å². The largest absolute Gasteiger partial charge is 0.336 e. The number of nitrogens with zero attached hydrogens (tertiary/aromatic N) is 2. The number of benzene rings is 1. The van der Waals surface area contributed by atoms with Gasteiger partial charge < -0.3 is 15.1 Å². The fourth-order valence-electron chi connectivity index (χ4n) is 2.68. The minimum Gasteiger partial charge on any atom is -0.336 e. The van der Waals surface area contributed by atoms with Crippen LogP contribution in [0.5, 0.6) is 0 Å². The lowest BCUT2D eigenvalue weighted by molar-refractivity contribution is -0.131. The smallest absolute Gasteiger partial charge is 0.236 e. The number of carbonyl (C=O) groups is 1. The molecule has 1 amide bonds. The molecule has 0 saturated carbocycles. The van der Waals surface area contributed by atoms with Crippen LogP contribution in [-0.4, -0.2) is 55.5 Å². The third-order valence-corrected chi connectivity index (χ3v) is 4.66. The second kappa shape index (κ2) is 10.4. The van der Waals surface area contributed by atoms with Crippen LogP contribution in [0.2, 0.25) is 10.0 Å². The summed E-state index contributed by atoms with van der Waals surface area (Å²) >= 11 is 12.0. The molecule has 1 aromatic rings. The summed E-state index contributed by atoms with van der Waals surface area (Å²) in [6.07, 6.45) is 2.52. The molecular weight excluding hydrogens is 357 g/mol. The summed E-state index contributed by atoms with van der Waals surface area (Å²) in [6.45, 7) is 4.85. The quantitative estimate of drug-likeness (QED) is 0.789. The Morgan fingerprint density at radius 3 is 2.57 bits per heavy atom. The molecule has 4 nitrogen and oxygen atoms in total. The summed E-state index contributed by atoms with van der Waals surface area (Å²) in [5, 5.41) is 4.00. The van der Waals surface area contributed by atoms with Gasteiger partial charge >= 0.3 is 0 Å². The maximum absolute atomic E-state index is 12.3. The summed E-state index contributed by atoms with van der Waals surface area (Å²) in [5.74, 6) is 0.104. The molecule has 2 rings (SSSR count). The van der Waals surface area contributed by atoms with Gasteiger partial charge in [-0.25, -0.2) is 0 Å². The van der Waals surface area contributed by atoms with Crippen molar-refractivity contribution in [3.8, 4) is 0 Å². The molecule has 130 valence electrons. The van der Waals surface area contributed by atoms with Crippen LogP contribution in [0.4, 0.5) is 0 Å². The zero-order chi connectivity index (χ0) is 15.9. The molecule has 1 aliphatic heterocycles. The monoisotopic (exact) mass is 379 g/mol. The molecule has 1 saturated heterocycles. The second-order valence-electron chi connectivity index (χ2n) is 5.64. The summed E-state index contributed by atoms with van der Waals surface area (Å²) in [5.41, 5.74) is 1.00. The average Bonchev–Trinajstić information content (AvgIpc) is 3.00. The minimum absolute atomic E-state index is 0. The van der Waals surface area contributed by atoms with Crippen LogP contribution in [-0.2, 0) is 11.3 Å². The Kier molecular flexibility index (Phi) is 9.25. The molecule has 1 aliphatic rings. The van der Waals surface area contributed by atoms with Crippen molar-refractivity contribution < 1.29 is 4.79 Å². The fourth-order valence-corrected chi connectivity index (χ4v) is 3.00. The van der Waals surface area contributed by atoms with E-state index in [0.717, 1.165) is 31.7 Å². The molecule has 0 unspecified atom stereocenters. The lowest BCUT2D eigenvalue weighted by Gasteiger charge is -2.26. The predicted molar refractivity (Wildman–Crippen MR) is 98.7 cm³/mol. The molecule has 0 spiro atoms. The molecule has 0 radical (unpaired) electrons. The highest BCUT2D eigenvalue weighted by Gasteiger charge is 2.17. The maximum Gasteiger partial charge on any atom is 0.236 e. The normalized spacial score (nSPS) is 14.6. The summed E-state index contributed by atoms with van der Waals surface area (Å²) in [4.78, 5) is 16.6. The topological polar surface area (TPSA) is 35.6 Å². The Morgan fingerprint density at radius 1 is 1.26 bits per heavy atom. The van der Waals surface area contributed by atoms with E-state index in [1.54, 1.807) is 13.1 Å². The van der Waals surface area contributed by atoms with E-state index in [1.165, 1.54) is 12.8 Å². The van der Waals surface area contributed by atoms with Gasteiger partial charge in [-0.1, -0.05) is 29.3 Å². The van der Waals surface area contributed by atoms with Gasteiger partial charge in [0.1, 0.15) is 0 Å². The zero-order valence-corrected chi connectivity index (χ0v) is 15.7. The van der Waals surface area contributed by atoms with E-state index in [0.29, 0.717) is 23.1 Å². The third-order valence-electron chi connectivity index (χ3n) is 3.92. The first-order chi connectivity index (χ1) is 10.6. The molecule has 7 heteroatoms. The highest BCUT2D eigenvalue weighted by atomic mass is 35.5. The molecule has 1 fully saturated rings. The van der Waals surface area contributed by atoms with Crippen LogP contribution in [0.1, 0.15) is 18.4 Å². The van der Waals surface area contributed by atoms with Crippen molar-refractivity contribution >= 4 is 41.5 Å². The van der Waals surface area contributed by atoms with Crippen molar-refractivity contribution in [2.75, 3.05) is 39.8 Å². The number of hydrogen-bond acceptors (Lipinski definition) is 3. The van der Waals surface area contributed by atoms with Crippen molar-refractivity contribution in [1.29, 1.82) is 0 Å². The van der Waals surface area contributed by atoms with Gasteiger partial charge in [-0.3, -0.25) is 4.79 Å². The Bertz CT molecular complexity index is 507. The van der Waals surface area contributed by atoms with Crippen molar-refractivity contribution in [3.63, 3.8) is 0 Å². The Morgan fingerprint density at radius 2 is 1.96 bits per heavy atom. The molecule has 1 heterocycles. The van der Waals surface area contributed by atoms with Gasteiger partial charge in [0, 0.05) is 19.6 Å². The van der Waals surface area contributed by atoms with Gasteiger partial charge in [0.2, 0.25) is 5.91 Å². The number of likely N-dealkylation sites (N-methyl/N-ethyl adjacent to an activating group) is 1. The van der Waals surface area contributed by atoms with E-state index in [4.69, 9.17) is 23.2 Å². The van der Waals surface area contributed by atoms with E-state index >= 15 is 0 Å². The minimum atomic E-state index is 0. The van der Waals surface area contributed by atoms with E-state index < -0.39 is 0 Å². The zero-order valence-electron chi connectivity index (χ0n) is 13.4. The lowest BCUT2D eigenvalue weighted by Crippen LogP contribution is -2.41. The van der Waals surface area contributed by atoms with Crippen LogP contribution >= 0.6 is 35.6 Å². The van der Waals surface area contributed by atoms with Gasteiger partial charge in [-0.15, -0.1) is 12.4 Å². The molecule has 0 atom stereocenters. The first-order valence-corrected chi connectivity index (χ1v) is 8.44. The van der Waals surface area contributed by atoms with Crippen LogP contribution in [0.25, 0.3) is 0 Å². The van der Waals surface area contributed by atoms with E-state index in [9.17, 15) is 4.79 Å². The van der Waals surface area contributed by atoms with Gasteiger partial charge in [0.15, 0.2) is 0 Å². The second-order valence-corrected chi connectivity index (χ2v) is 6.46. The Balaban J connectivity index is 0.00000264. The first kappa shape index (κ1) is 20.5. The fraction of sp³-hybridized carbons (Fsp3) is 0.562. The van der Waals surface area contributed by atoms with Gasteiger partial charge in [0.05, 0.1) is 16.6 Å². The predicted octanol–water partition coefficient (Wildman–Crippen LogP) is 3.06. The summed E-state index contributed by atoms with van der Waals surface area (Å²) in [7, 11) is 1.79. The van der Waals surface area contributed by atoms with Gasteiger partial charge in [-0.2, -0.15) is 0 Å². The van der Waals surface area contributed by atoms with Crippen molar-refractivity contribution in [3.05, 3.63) is 33.8 Å². The van der Waals surface area contributed by atoms with Gasteiger partial charge in [-0.05, 0) is 50.7 Å². The summed E-state index contributed by atoms with van der Waals surface area (Å²) < 4.78 is 0. The van der Waals surface area contributed by atoms with Crippen LogP contribution < -0.4 is 5.32 Å². The van der Waals surface area contributed by atoms with E-state index in [1.807, 2.05) is 17.0 Å². The Labute approximate surface area is 154 Å². The molecule has 0 aromatic heterocycles. The van der Waals surface area contributed by atoms with Crippen LogP contribution in [0.3, 0.4) is 0 Å². The van der Waals surface area contributed by atoms with Crippen molar-refractivity contribution in [1.82, 2.24) is 15.1 Å². The molecule has 1 N–H and O–H groups in total. The average molecular weight is 381 g/mol. The number of nitrogens with one attached hydrogen (secondary N) is 1. The number of amides is 1. The van der Waals surface area contributed by atoms with Crippen molar-refractivity contribution in [2.45, 2.75) is 19.4 Å². The molecular formula is C16H24Cl3N3O. The maximum atomic E-state index is 12.3. The highest BCUT2D eigenvalue weighted by molar-refractivity contribution is 6.42. The van der Waals surface area contributed by atoms with Crippen molar-refractivity contribution in [2.24, 2.45) is 0 Å². The number of likely N-dealkylation sites (tertiary alicyclic amines) is 1. The third kappa shape index (κ3) is 6.48. The Hall–Kier alpha value is -0.520. The number of hydrogen-bond donors (Lipinski definition) is 1. The van der Waals surface area contributed by atoms with Gasteiger partial charge in [0.25, 0.3) is 0 Å². The molecule has 0 bridgehead atoms. The summed E-state index contributed by atoms with van der Waals surface area (Å²) in [6, 6.07) is 5.53. The number of carbonyl (C=O) groups excluding carboxylic acids is 1. The van der Waals surface area contributed by atoms with Crippen LogP contribution in [0.15, 0.2) is 18.2 Å².